The van der Waals surface area contributed by atoms with Gasteiger partial charge in [-0.3, -0.25) is 0 Å². The Balaban J connectivity index is 2.42. The van der Waals surface area contributed by atoms with E-state index in [9.17, 15) is 9.90 Å². The predicted molar refractivity (Wildman–Crippen MR) is 54.0 cm³/mol. The molecule has 2 rings (SSSR count). The van der Waals surface area contributed by atoms with E-state index < -0.39 is 17.5 Å². The van der Waals surface area contributed by atoms with Crippen molar-refractivity contribution < 1.29 is 24.1 Å². The van der Waals surface area contributed by atoms with Crippen molar-refractivity contribution in [2.24, 2.45) is 11.8 Å². The zero-order chi connectivity index (χ0) is 12.1. The van der Waals surface area contributed by atoms with Crippen LogP contribution in [0.4, 0.5) is 0 Å². The van der Waals surface area contributed by atoms with Crippen molar-refractivity contribution >= 4 is 5.97 Å². The van der Waals surface area contributed by atoms with Gasteiger partial charge in [-0.2, -0.15) is 0 Å². The SMILES string of the molecule is COC1=CC(=O)O[C@]12O[C@@](C)(O)[C@@H](C)[C@H]2C. The molecule has 0 aromatic carbocycles. The highest BCUT2D eigenvalue weighted by Gasteiger charge is 2.64. The van der Waals surface area contributed by atoms with Gasteiger partial charge in [-0.05, 0) is 6.92 Å². The van der Waals surface area contributed by atoms with Gasteiger partial charge in [-0.15, -0.1) is 0 Å². The molecule has 2 aliphatic rings. The van der Waals surface area contributed by atoms with Crippen LogP contribution in [0.2, 0.25) is 0 Å². The van der Waals surface area contributed by atoms with Crippen molar-refractivity contribution in [2.45, 2.75) is 32.3 Å². The smallest absolute Gasteiger partial charge is 0.337 e. The molecule has 0 radical (unpaired) electrons. The van der Waals surface area contributed by atoms with Crippen molar-refractivity contribution in [1.29, 1.82) is 0 Å². The van der Waals surface area contributed by atoms with Crippen LogP contribution in [0.15, 0.2) is 11.8 Å². The fourth-order valence-electron chi connectivity index (χ4n) is 2.31. The minimum absolute atomic E-state index is 0.169. The first-order valence-electron chi connectivity index (χ1n) is 5.25. The monoisotopic (exact) mass is 228 g/mol. The lowest BCUT2D eigenvalue weighted by molar-refractivity contribution is -0.285. The average Bonchev–Trinajstić information content (AvgIpc) is 2.59. The van der Waals surface area contributed by atoms with Crippen LogP contribution in [-0.2, 0) is 19.0 Å². The minimum Gasteiger partial charge on any atom is -0.494 e. The summed E-state index contributed by atoms with van der Waals surface area (Å²) in [6.07, 6.45) is 1.25. The van der Waals surface area contributed by atoms with Crippen LogP contribution in [0.25, 0.3) is 0 Å². The van der Waals surface area contributed by atoms with Crippen LogP contribution in [-0.4, -0.2) is 29.8 Å². The number of esters is 1. The molecule has 5 heteroatoms. The van der Waals surface area contributed by atoms with Crippen molar-refractivity contribution in [3.8, 4) is 0 Å². The molecule has 90 valence electrons. The number of hydrogen-bond acceptors (Lipinski definition) is 5. The number of carbonyl (C=O) groups is 1. The third kappa shape index (κ3) is 1.28. The molecule has 1 saturated heterocycles. The highest BCUT2D eigenvalue weighted by atomic mass is 16.8. The van der Waals surface area contributed by atoms with Gasteiger partial charge in [0.1, 0.15) is 0 Å². The summed E-state index contributed by atoms with van der Waals surface area (Å²) in [5.41, 5.74) is 0. The Labute approximate surface area is 94.0 Å². The fraction of sp³-hybridized carbons (Fsp3) is 0.727. The summed E-state index contributed by atoms with van der Waals surface area (Å²) in [4.78, 5) is 11.3. The van der Waals surface area contributed by atoms with E-state index >= 15 is 0 Å². The average molecular weight is 228 g/mol. The molecule has 1 fully saturated rings. The maximum absolute atomic E-state index is 11.3. The Morgan fingerprint density at radius 1 is 1.44 bits per heavy atom. The highest BCUT2D eigenvalue weighted by molar-refractivity contribution is 5.86. The summed E-state index contributed by atoms with van der Waals surface area (Å²) in [5.74, 6) is -3.14. The summed E-state index contributed by atoms with van der Waals surface area (Å²) in [5, 5.41) is 10.1. The normalized spacial score (nSPS) is 47.1. The lowest BCUT2D eigenvalue weighted by Crippen LogP contribution is -2.39. The van der Waals surface area contributed by atoms with Gasteiger partial charge in [0, 0.05) is 11.8 Å². The largest absolute Gasteiger partial charge is 0.494 e. The lowest BCUT2D eigenvalue weighted by Gasteiger charge is -2.29. The van der Waals surface area contributed by atoms with Gasteiger partial charge in [-0.1, -0.05) is 13.8 Å². The predicted octanol–water partition coefficient (Wildman–Crippen LogP) is 0.781. The van der Waals surface area contributed by atoms with E-state index in [4.69, 9.17) is 14.2 Å². The highest BCUT2D eigenvalue weighted by Crippen LogP contribution is 2.51. The number of methoxy groups -OCH3 is 1. The molecule has 0 saturated carbocycles. The molecule has 1 N–H and O–H groups in total. The van der Waals surface area contributed by atoms with Gasteiger partial charge < -0.3 is 19.3 Å². The van der Waals surface area contributed by atoms with Crippen molar-refractivity contribution in [3.05, 3.63) is 11.8 Å². The fourth-order valence-corrected chi connectivity index (χ4v) is 2.31. The molecule has 0 aromatic rings. The van der Waals surface area contributed by atoms with E-state index in [1.54, 1.807) is 6.92 Å². The molecule has 4 atom stereocenters. The van der Waals surface area contributed by atoms with Crippen LogP contribution in [0.5, 0.6) is 0 Å². The summed E-state index contributed by atoms with van der Waals surface area (Å²) in [6.45, 7) is 5.26. The first-order valence-corrected chi connectivity index (χ1v) is 5.25. The van der Waals surface area contributed by atoms with Crippen LogP contribution >= 0.6 is 0 Å². The second-order valence-corrected chi connectivity index (χ2v) is 4.54. The number of hydrogen-bond donors (Lipinski definition) is 1. The second-order valence-electron chi connectivity index (χ2n) is 4.54. The third-order valence-electron chi connectivity index (χ3n) is 3.62. The quantitative estimate of drug-likeness (QED) is 0.672. The molecule has 0 bridgehead atoms. The first-order chi connectivity index (χ1) is 7.33. The standard InChI is InChI=1S/C11H16O5/c1-6-7(2)11(16-10(6,3)13)8(14-4)5-9(12)15-11/h5-7,13H,1-4H3/t6-,7+,10+,11+/m0/s1. The molecular weight excluding hydrogens is 212 g/mol. The van der Waals surface area contributed by atoms with Crippen LogP contribution in [0.3, 0.4) is 0 Å². The summed E-state index contributed by atoms with van der Waals surface area (Å²) < 4.78 is 15.8. The molecular formula is C11H16O5. The number of aliphatic hydroxyl groups is 1. The van der Waals surface area contributed by atoms with Crippen LogP contribution in [0, 0.1) is 11.8 Å². The Hall–Kier alpha value is -1.07. The van der Waals surface area contributed by atoms with Gasteiger partial charge in [0.2, 0.25) is 0 Å². The van der Waals surface area contributed by atoms with E-state index in [1.807, 2.05) is 13.8 Å². The van der Waals surface area contributed by atoms with Gasteiger partial charge >= 0.3 is 5.97 Å². The zero-order valence-electron chi connectivity index (χ0n) is 9.81. The maximum Gasteiger partial charge on any atom is 0.337 e. The molecule has 0 unspecified atom stereocenters. The Bertz CT molecular complexity index is 359. The lowest BCUT2D eigenvalue weighted by atomic mass is 9.86. The second kappa shape index (κ2) is 3.21. The zero-order valence-corrected chi connectivity index (χ0v) is 9.81. The summed E-state index contributed by atoms with van der Waals surface area (Å²) in [6, 6.07) is 0. The summed E-state index contributed by atoms with van der Waals surface area (Å²) >= 11 is 0. The molecule has 0 aliphatic carbocycles. The molecule has 0 amide bonds. The molecule has 16 heavy (non-hydrogen) atoms. The minimum atomic E-state index is -1.33. The molecule has 5 nitrogen and oxygen atoms in total. The van der Waals surface area contributed by atoms with Gasteiger partial charge in [-0.25, -0.2) is 4.79 Å². The van der Waals surface area contributed by atoms with Crippen LogP contribution in [0.1, 0.15) is 20.8 Å². The van der Waals surface area contributed by atoms with E-state index in [-0.39, 0.29) is 11.8 Å². The molecule has 2 aliphatic heterocycles. The number of carbonyl (C=O) groups excluding carboxylic acids is 1. The molecule has 0 aromatic heterocycles. The van der Waals surface area contributed by atoms with Gasteiger partial charge in [0.25, 0.3) is 5.79 Å². The van der Waals surface area contributed by atoms with Gasteiger partial charge in [0.05, 0.1) is 13.2 Å². The van der Waals surface area contributed by atoms with Crippen molar-refractivity contribution in [3.63, 3.8) is 0 Å². The Morgan fingerprint density at radius 2 is 2.06 bits per heavy atom. The third-order valence-corrected chi connectivity index (χ3v) is 3.62. The van der Waals surface area contributed by atoms with E-state index in [1.165, 1.54) is 13.2 Å². The van der Waals surface area contributed by atoms with Gasteiger partial charge in [0.15, 0.2) is 11.5 Å². The van der Waals surface area contributed by atoms with Crippen molar-refractivity contribution in [1.82, 2.24) is 0 Å². The van der Waals surface area contributed by atoms with Crippen LogP contribution < -0.4 is 0 Å². The topological polar surface area (TPSA) is 65.0 Å². The first kappa shape index (κ1) is 11.4. The Kier molecular flexibility index (Phi) is 2.29. The number of rotatable bonds is 1. The Morgan fingerprint density at radius 3 is 2.50 bits per heavy atom. The molecule has 2 heterocycles. The van der Waals surface area contributed by atoms with Crippen molar-refractivity contribution in [2.75, 3.05) is 7.11 Å². The number of ether oxygens (including phenoxy) is 3. The van der Waals surface area contributed by atoms with E-state index in [2.05, 4.69) is 0 Å². The maximum atomic E-state index is 11.3. The summed E-state index contributed by atoms with van der Waals surface area (Å²) in [7, 11) is 1.45. The molecule has 1 spiro atoms. The van der Waals surface area contributed by atoms with E-state index in [0.29, 0.717) is 5.76 Å². The van der Waals surface area contributed by atoms with E-state index in [0.717, 1.165) is 0 Å².